The van der Waals surface area contributed by atoms with E-state index in [-0.39, 0.29) is 30.4 Å². The number of nitrogens with one attached hydrogen (secondary N) is 1. The third kappa shape index (κ3) is 3.26. The third-order valence-electron chi connectivity index (χ3n) is 4.46. The van der Waals surface area contributed by atoms with Crippen molar-refractivity contribution in [3.63, 3.8) is 0 Å². The SMILES string of the molecule is C[C@H]1C[C@@H]1C(=O)OCC(=O)N[C@@H]1CCCc2ccccc21. The summed E-state index contributed by atoms with van der Waals surface area (Å²) in [6.07, 6.45) is 3.96. The van der Waals surface area contributed by atoms with Crippen LogP contribution in [0.15, 0.2) is 24.3 Å². The standard InChI is InChI=1S/C17H21NO3/c1-11-9-14(11)17(20)21-10-16(19)18-15-8-4-6-12-5-2-3-7-13(12)15/h2-3,5,7,11,14-15H,4,6,8-10H2,1H3,(H,18,19)/t11-,14-,15+/m0/s1. The highest BCUT2D eigenvalue weighted by Crippen LogP contribution is 2.38. The Bertz CT molecular complexity index is 555. The van der Waals surface area contributed by atoms with Crippen molar-refractivity contribution in [1.29, 1.82) is 0 Å². The molecule has 1 aromatic rings. The summed E-state index contributed by atoms with van der Waals surface area (Å²) in [6, 6.07) is 8.25. The molecule has 0 saturated heterocycles. The summed E-state index contributed by atoms with van der Waals surface area (Å²) in [5.41, 5.74) is 2.50. The Labute approximate surface area is 124 Å². The number of benzene rings is 1. The van der Waals surface area contributed by atoms with Crippen LogP contribution in [0.1, 0.15) is 43.4 Å². The highest BCUT2D eigenvalue weighted by atomic mass is 16.5. The predicted molar refractivity (Wildman–Crippen MR) is 78.5 cm³/mol. The lowest BCUT2D eigenvalue weighted by atomic mass is 9.88. The average Bonchev–Trinajstić information content (AvgIpc) is 3.22. The number of fused-ring (bicyclic) bond motifs is 1. The fourth-order valence-electron chi connectivity index (χ4n) is 3.03. The number of ether oxygens (including phenoxy) is 1. The molecule has 0 spiro atoms. The van der Waals surface area contributed by atoms with Crippen LogP contribution in [-0.4, -0.2) is 18.5 Å². The molecule has 4 nitrogen and oxygen atoms in total. The number of esters is 1. The molecule has 0 aliphatic heterocycles. The van der Waals surface area contributed by atoms with Gasteiger partial charge in [0.25, 0.3) is 5.91 Å². The molecule has 0 aromatic heterocycles. The van der Waals surface area contributed by atoms with Gasteiger partial charge < -0.3 is 10.1 Å². The van der Waals surface area contributed by atoms with E-state index in [0.29, 0.717) is 5.92 Å². The second kappa shape index (κ2) is 5.88. The minimum absolute atomic E-state index is 0.00760. The number of aryl methyl sites for hydroxylation is 1. The molecule has 1 fully saturated rings. The molecule has 112 valence electrons. The molecule has 0 unspecified atom stereocenters. The molecule has 4 heteroatoms. The molecule has 0 radical (unpaired) electrons. The Morgan fingerprint density at radius 1 is 1.33 bits per heavy atom. The quantitative estimate of drug-likeness (QED) is 0.865. The first-order valence-electron chi connectivity index (χ1n) is 7.69. The number of carbonyl (C=O) groups excluding carboxylic acids is 2. The minimum Gasteiger partial charge on any atom is -0.455 e. The Hall–Kier alpha value is -1.84. The number of hydrogen-bond acceptors (Lipinski definition) is 3. The largest absolute Gasteiger partial charge is 0.455 e. The normalized spacial score (nSPS) is 26.6. The molecular formula is C17H21NO3. The van der Waals surface area contributed by atoms with Gasteiger partial charge in [0.2, 0.25) is 0 Å². The smallest absolute Gasteiger partial charge is 0.309 e. The van der Waals surface area contributed by atoms with Gasteiger partial charge in [-0.25, -0.2) is 0 Å². The molecule has 3 atom stereocenters. The van der Waals surface area contributed by atoms with Crippen molar-refractivity contribution >= 4 is 11.9 Å². The summed E-state index contributed by atoms with van der Waals surface area (Å²) in [5, 5.41) is 2.98. The molecule has 1 saturated carbocycles. The number of rotatable bonds is 4. The van der Waals surface area contributed by atoms with Crippen LogP contribution in [0.2, 0.25) is 0 Å². The Morgan fingerprint density at radius 2 is 2.10 bits per heavy atom. The molecule has 1 amide bonds. The van der Waals surface area contributed by atoms with Gasteiger partial charge in [0.15, 0.2) is 6.61 Å². The minimum atomic E-state index is -0.235. The summed E-state index contributed by atoms with van der Waals surface area (Å²) >= 11 is 0. The van der Waals surface area contributed by atoms with Crippen LogP contribution < -0.4 is 5.32 Å². The van der Waals surface area contributed by atoms with Crippen molar-refractivity contribution in [1.82, 2.24) is 5.32 Å². The van der Waals surface area contributed by atoms with E-state index in [9.17, 15) is 9.59 Å². The van der Waals surface area contributed by atoms with E-state index in [4.69, 9.17) is 4.74 Å². The third-order valence-corrected chi connectivity index (χ3v) is 4.46. The van der Waals surface area contributed by atoms with E-state index < -0.39 is 0 Å². The van der Waals surface area contributed by atoms with Crippen molar-refractivity contribution in [2.75, 3.05) is 6.61 Å². The molecule has 2 aliphatic carbocycles. The molecule has 0 bridgehead atoms. The van der Waals surface area contributed by atoms with E-state index >= 15 is 0 Å². The number of hydrogen-bond donors (Lipinski definition) is 1. The van der Waals surface area contributed by atoms with Crippen LogP contribution in [-0.2, 0) is 20.7 Å². The van der Waals surface area contributed by atoms with Gasteiger partial charge in [-0.05, 0) is 42.7 Å². The number of carbonyl (C=O) groups is 2. The zero-order valence-electron chi connectivity index (χ0n) is 12.3. The van der Waals surface area contributed by atoms with E-state index in [1.165, 1.54) is 11.1 Å². The van der Waals surface area contributed by atoms with Crippen LogP contribution in [0.3, 0.4) is 0 Å². The van der Waals surface area contributed by atoms with Crippen LogP contribution in [0.25, 0.3) is 0 Å². The topological polar surface area (TPSA) is 55.4 Å². The number of amides is 1. The summed E-state index contributed by atoms with van der Waals surface area (Å²) in [5.74, 6) is -0.0287. The fraction of sp³-hybridized carbons (Fsp3) is 0.529. The van der Waals surface area contributed by atoms with Crippen molar-refractivity contribution in [2.24, 2.45) is 11.8 Å². The first-order chi connectivity index (χ1) is 10.1. The Kier molecular flexibility index (Phi) is 3.95. The molecule has 3 rings (SSSR count). The first kappa shape index (κ1) is 14.1. The van der Waals surface area contributed by atoms with Crippen molar-refractivity contribution in [2.45, 2.75) is 38.6 Å². The van der Waals surface area contributed by atoms with Gasteiger partial charge in [0, 0.05) is 0 Å². The molecule has 0 heterocycles. The first-order valence-corrected chi connectivity index (χ1v) is 7.69. The maximum absolute atomic E-state index is 12.0. The van der Waals surface area contributed by atoms with Gasteiger partial charge in [-0.15, -0.1) is 0 Å². The molecule has 2 aliphatic rings. The molecule has 1 N–H and O–H groups in total. The van der Waals surface area contributed by atoms with Gasteiger partial charge in [-0.2, -0.15) is 0 Å². The van der Waals surface area contributed by atoms with Gasteiger partial charge >= 0.3 is 5.97 Å². The average molecular weight is 287 g/mol. The Balaban J connectivity index is 1.52. The highest BCUT2D eigenvalue weighted by molar-refractivity contribution is 5.82. The van der Waals surface area contributed by atoms with Crippen LogP contribution >= 0.6 is 0 Å². The molecule has 1 aromatic carbocycles. The fourth-order valence-corrected chi connectivity index (χ4v) is 3.03. The molecular weight excluding hydrogens is 266 g/mol. The monoisotopic (exact) mass is 287 g/mol. The summed E-state index contributed by atoms with van der Waals surface area (Å²) in [4.78, 5) is 23.6. The zero-order chi connectivity index (χ0) is 14.8. The van der Waals surface area contributed by atoms with Gasteiger partial charge in [0.05, 0.1) is 12.0 Å². The Morgan fingerprint density at radius 3 is 2.86 bits per heavy atom. The summed E-state index contributed by atoms with van der Waals surface area (Å²) < 4.78 is 5.08. The molecule has 21 heavy (non-hydrogen) atoms. The van der Waals surface area contributed by atoms with Gasteiger partial charge in [-0.1, -0.05) is 31.2 Å². The van der Waals surface area contributed by atoms with Crippen LogP contribution in [0, 0.1) is 11.8 Å². The lowest BCUT2D eigenvalue weighted by Gasteiger charge is -2.26. The summed E-state index contributed by atoms with van der Waals surface area (Å²) in [7, 11) is 0. The maximum Gasteiger partial charge on any atom is 0.309 e. The maximum atomic E-state index is 12.0. The van der Waals surface area contributed by atoms with E-state index in [1.54, 1.807) is 0 Å². The van der Waals surface area contributed by atoms with Crippen molar-refractivity contribution in [3.8, 4) is 0 Å². The lowest BCUT2D eigenvalue weighted by Crippen LogP contribution is -2.34. The van der Waals surface area contributed by atoms with Crippen LogP contribution in [0.5, 0.6) is 0 Å². The van der Waals surface area contributed by atoms with Crippen molar-refractivity contribution < 1.29 is 14.3 Å². The second-order valence-electron chi connectivity index (χ2n) is 6.14. The van der Waals surface area contributed by atoms with E-state index in [1.807, 2.05) is 19.1 Å². The zero-order valence-corrected chi connectivity index (χ0v) is 12.3. The van der Waals surface area contributed by atoms with E-state index in [2.05, 4.69) is 17.4 Å². The predicted octanol–water partition coefficient (Wildman–Crippen LogP) is 2.38. The van der Waals surface area contributed by atoms with Gasteiger partial charge in [0.1, 0.15) is 0 Å². The highest BCUT2D eigenvalue weighted by Gasteiger charge is 2.40. The van der Waals surface area contributed by atoms with Crippen molar-refractivity contribution in [3.05, 3.63) is 35.4 Å². The second-order valence-corrected chi connectivity index (χ2v) is 6.14. The summed E-state index contributed by atoms with van der Waals surface area (Å²) in [6.45, 7) is 1.85. The lowest BCUT2D eigenvalue weighted by molar-refractivity contribution is -0.150. The van der Waals surface area contributed by atoms with E-state index in [0.717, 1.165) is 25.7 Å². The van der Waals surface area contributed by atoms with Crippen LogP contribution in [0.4, 0.5) is 0 Å². The van der Waals surface area contributed by atoms with Gasteiger partial charge in [-0.3, -0.25) is 9.59 Å².